The number of sulfonamides is 1. The minimum absolute atomic E-state index is 0.0634. The molecule has 7 heteroatoms. The first kappa shape index (κ1) is 18.1. The summed E-state index contributed by atoms with van der Waals surface area (Å²) in [6.07, 6.45) is 0.644. The molecular formula is C19H21N3O3S. The van der Waals surface area contributed by atoms with Gasteiger partial charge in [-0.25, -0.2) is 0 Å². The summed E-state index contributed by atoms with van der Waals surface area (Å²) in [5, 5.41) is 5.92. The Hall–Kier alpha value is -2.67. The SMILES string of the molecule is Cc1cccc(NC(=O)C[C@@H](C)CC2=NS(=O)(=O)c3ccccc3N2)c1. The van der Waals surface area contributed by atoms with Gasteiger partial charge in [0.25, 0.3) is 10.0 Å². The summed E-state index contributed by atoms with van der Waals surface area (Å²) in [6, 6.07) is 14.2. The third-order valence-corrected chi connectivity index (χ3v) is 5.42. The first-order valence-corrected chi connectivity index (χ1v) is 9.84. The van der Waals surface area contributed by atoms with E-state index in [1.54, 1.807) is 18.2 Å². The number of para-hydroxylation sites is 1. The van der Waals surface area contributed by atoms with Crippen LogP contribution < -0.4 is 10.6 Å². The van der Waals surface area contributed by atoms with E-state index in [1.807, 2.05) is 38.1 Å². The van der Waals surface area contributed by atoms with Crippen molar-refractivity contribution in [1.82, 2.24) is 0 Å². The number of amides is 1. The second-order valence-electron chi connectivity index (χ2n) is 6.57. The van der Waals surface area contributed by atoms with Gasteiger partial charge in [0.1, 0.15) is 10.7 Å². The Morgan fingerprint density at radius 2 is 1.96 bits per heavy atom. The second kappa shape index (κ2) is 7.29. The predicted molar refractivity (Wildman–Crippen MR) is 103 cm³/mol. The zero-order valence-corrected chi connectivity index (χ0v) is 15.5. The molecule has 2 N–H and O–H groups in total. The Morgan fingerprint density at radius 1 is 1.19 bits per heavy atom. The van der Waals surface area contributed by atoms with Gasteiger partial charge in [-0.3, -0.25) is 4.79 Å². The highest BCUT2D eigenvalue weighted by atomic mass is 32.2. The lowest BCUT2D eigenvalue weighted by Crippen LogP contribution is -2.25. The summed E-state index contributed by atoms with van der Waals surface area (Å²) in [5.74, 6) is 0.189. The summed E-state index contributed by atoms with van der Waals surface area (Å²) in [5.41, 5.74) is 2.35. The average molecular weight is 371 g/mol. The van der Waals surface area contributed by atoms with Gasteiger partial charge in [0.2, 0.25) is 5.91 Å². The number of nitrogens with zero attached hydrogens (tertiary/aromatic N) is 1. The fourth-order valence-electron chi connectivity index (χ4n) is 2.91. The van der Waals surface area contributed by atoms with Gasteiger partial charge in [-0.1, -0.05) is 31.2 Å². The van der Waals surface area contributed by atoms with Crippen LogP contribution >= 0.6 is 0 Å². The monoisotopic (exact) mass is 371 g/mol. The minimum Gasteiger partial charge on any atom is -0.342 e. The maximum Gasteiger partial charge on any atom is 0.286 e. The van der Waals surface area contributed by atoms with Crippen molar-refractivity contribution in [1.29, 1.82) is 0 Å². The van der Waals surface area contributed by atoms with Crippen molar-refractivity contribution in [3.63, 3.8) is 0 Å². The molecule has 1 aliphatic rings. The summed E-state index contributed by atoms with van der Waals surface area (Å²) >= 11 is 0. The molecule has 0 radical (unpaired) electrons. The smallest absolute Gasteiger partial charge is 0.286 e. The van der Waals surface area contributed by atoms with E-state index in [9.17, 15) is 13.2 Å². The molecule has 1 atom stereocenters. The Morgan fingerprint density at radius 3 is 2.73 bits per heavy atom. The fraction of sp³-hybridized carbons (Fsp3) is 0.263. The number of carbonyl (C=O) groups excluding carboxylic acids is 1. The van der Waals surface area contributed by atoms with E-state index in [1.165, 1.54) is 6.07 Å². The quantitative estimate of drug-likeness (QED) is 0.841. The molecule has 136 valence electrons. The van der Waals surface area contributed by atoms with Crippen LogP contribution in [-0.4, -0.2) is 20.2 Å². The van der Waals surface area contributed by atoms with E-state index in [0.717, 1.165) is 11.3 Å². The molecule has 0 spiro atoms. The van der Waals surface area contributed by atoms with E-state index in [4.69, 9.17) is 0 Å². The van der Waals surface area contributed by atoms with Crippen LogP contribution in [0.1, 0.15) is 25.3 Å². The number of amidine groups is 1. The second-order valence-corrected chi connectivity index (χ2v) is 8.14. The van der Waals surface area contributed by atoms with Crippen molar-refractivity contribution < 1.29 is 13.2 Å². The number of carbonyl (C=O) groups is 1. The van der Waals surface area contributed by atoms with Crippen molar-refractivity contribution in [3.05, 3.63) is 54.1 Å². The highest BCUT2D eigenvalue weighted by molar-refractivity contribution is 7.90. The van der Waals surface area contributed by atoms with Gasteiger partial charge in [0.15, 0.2) is 0 Å². The third kappa shape index (κ3) is 4.29. The molecule has 26 heavy (non-hydrogen) atoms. The van der Waals surface area contributed by atoms with Crippen LogP contribution in [0.15, 0.2) is 57.8 Å². The Balaban J connectivity index is 1.63. The first-order chi connectivity index (χ1) is 12.3. The summed E-state index contributed by atoms with van der Waals surface area (Å²) in [7, 11) is -3.69. The molecule has 0 aliphatic carbocycles. The molecule has 0 unspecified atom stereocenters. The van der Waals surface area contributed by atoms with Crippen LogP contribution in [-0.2, 0) is 14.8 Å². The lowest BCUT2D eigenvalue weighted by Gasteiger charge is -2.20. The van der Waals surface area contributed by atoms with Crippen LogP contribution in [0.3, 0.4) is 0 Å². The number of fused-ring (bicyclic) bond motifs is 1. The lowest BCUT2D eigenvalue weighted by molar-refractivity contribution is -0.116. The maximum atomic E-state index is 12.3. The van der Waals surface area contributed by atoms with Crippen molar-refractivity contribution in [2.24, 2.45) is 10.3 Å². The Bertz CT molecular complexity index is 967. The van der Waals surface area contributed by atoms with Crippen LogP contribution in [0.4, 0.5) is 11.4 Å². The molecule has 0 bridgehead atoms. The maximum absolute atomic E-state index is 12.3. The molecule has 0 fully saturated rings. The largest absolute Gasteiger partial charge is 0.342 e. The summed E-state index contributed by atoms with van der Waals surface area (Å²) in [4.78, 5) is 12.4. The lowest BCUT2D eigenvalue weighted by atomic mass is 10.0. The zero-order valence-electron chi connectivity index (χ0n) is 14.7. The number of aryl methyl sites for hydroxylation is 1. The van der Waals surface area contributed by atoms with Crippen LogP contribution in [0.2, 0.25) is 0 Å². The molecule has 3 rings (SSSR count). The third-order valence-electron chi connectivity index (χ3n) is 4.05. The molecule has 6 nitrogen and oxygen atoms in total. The number of nitrogens with one attached hydrogen (secondary N) is 2. The van der Waals surface area contributed by atoms with Gasteiger partial charge < -0.3 is 10.6 Å². The van der Waals surface area contributed by atoms with Crippen LogP contribution in [0.25, 0.3) is 0 Å². The Labute approximate surface area is 153 Å². The topological polar surface area (TPSA) is 87.6 Å². The van der Waals surface area contributed by atoms with Crippen molar-refractivity contribution >= 4 is 33.1 Å². The molecule has 1 aliphatic heterocycles. The van der Waals surface area contributed by atoms with E-state index in [2.05, 4.69) is 15.0 Å². The van der Waals surface area contributed by atoms with E-state index >= 15 is 0 Å². The van der Waals surface area contributed by atoms with Gasteiger partial charge in [0, 0.05) is 18.5 Å². The highest BCUT2D eigenvalue weighted by Crippen LogP contribution is 2.28. The standard InChI is InChI=1S/C19H21N3O3S/c1-13-6-5-7-15(10-13)20-19(23)12-14(2)11-18-21-16-8-3-4-9-17(16)26(24,25)22-18/h3-10,14H,11-12H2,1-2H3,(H,20,23)(H,21,22)/t14-/m0/s1. The zero-order chi connectivity index (χ0) is 18.7. The molecule has 0 saturated heterocycles. The van der Waals surface area contributed by atoms with Gasteiger partial charge in [0.05, 0.1) is 5.69 Å². The Kier molecular flexibility index (Phi) is 5.08. The molecule has 1 amide bonds. The number of benzene rings is 2. The van der Waals surface area contributed by atoms with Gasteiger partial charge in [-0.05, 0) is 42.7 Å². The fourth-order valence-corrected chi connectivity index (χ4v) is 4.07. The van der Waals surface area contributed by atoms with Gasteiger partial charge in [-0.15, -0.1) is 4.40 Å². The number of hydrogen-bond donors (Lipinski definition) is 2. The average Bonchev–Trinajstić information content (AvgIpc) is 2.53. The van der Waals surface area contributed by atoms with E-state index in [0.29, 0.717) is 17.9 Å². The predicted octanol–water partition coefficient (Wildman–Crippen LogP) is 3.56. The normalized spacial score (nSPS) is 16.0. The van der Waals surface area contributed by atoms with Crippen LogP contribution in [0.5, 0.6) is 0 Å². The van der Waals surface area contributed by atoms with Gasteiger partial charge in [-0.2, -0.15) is 8.42 Å². The molecule has 1 heterocycles. The number of hydrogen-bond acceptors (Lipinski definition) is 4. The van der Waals surface area contributed by atoms with Crippen molar-refractivity contribution in [2.75, 3.05) is 10.6 Å². The molecule has 2 aromatic rings. The van der Waals surface area contributed by atoms with E-state index in [-0.39, 0.29) is 23.1 Å². The first-order valence-electron chi connectivity index (χ1n) is 8.40. The summed E-state index contributed by atoms with van der Waals surface area (Å²) < 4.78 is 28.4. The molecular weight excluding hydrogens is 350 g/mol. The van der Waals surface area contributed by atoms with E-state index < -0.39 is 10.0 Å². The molecule has 0 aromatic heterocycles. The van der Waals surface area contributed by atoms with Crippen LogP contribution in [0, 0.1) is 12.8 Å². The van der Waals surface area contributed by atoms with Gasteiger partial charge >= 0.3 is 0 Å². The number of rotatable bonds is 5. The number of anilines is 2. The highest BCUT2D eigenvalue weighted by Gasteiger charge is 2.25. The van der Waals surface area contributed by atoms with Crippen molar-refractivity contribution in [3.8, 4) is 0 Å². The molecule has 0 saturated carbocycles. The molecule has 2 aromatic carbocycles. The van der Waals surface area contributed by atoms with Crippen molar-refractivity contribution in [2.45, 2.75) is 31.6 Å². The minimum atomic E-state index is -3.69. The summed E-state index contributed by atoms with van der Waals surface area (Å²) in [6.45, 7) is 3.86.